The van der Waals surface area contributed by atoms with E-state index in [1.54, 1.807) is 6.07 Å². The zero-order valence-corrected chi connectivity index (χ0v) is 10.6. The molecule has 2 aromatic rings. The third-order valence-corrected chi connectivity index (χ3v) is 2.54. The molecule has 100 valence electrons. The first-order chi connectivity index (χ1) is 9.20. The molecule has 0 aromatic carbocycles. The molecule has 0 amide bonds. The van der Waals surface area contributed by atoms with E-state index in [2.05, 4.69) is 27.1 Å². The van der Waals surface area contributed by atoms with Gasteiger partial charge in [0.25, 0.3) is 0 Å². The molecule has 7 heteroatoms. The van der Waals surface area contributed by atoms with Crippen LogP contribution in [0, 0.1) is 0 Å². The number of aryl methyl sites for hydroxylation is 1. The van der Waals surface area contributed by atoms with Gasteiger partial charge in [-0.1, -0.05) is 13.3 Å². The van der Waals surface area contributed by atoms with Gasteiger partial charge in [0, 0.05) is 17.5 Å². The number of nitrogen functional groups attached to an aromatic ring is 1. The Labute approximate surface area is 110 Å². The largest absolute Gasteiger partial charge is 0.456 e. The molecule has 19 heavy (non-hydrogen) atoms. The van der Waals surface area contributed by atoms with Gasteiger partial charge in [-0.25, -0.2) is 14.8 Å². The lowest BCUT2D eigenvalue weighted by Crippen LogP contribution is -2.08. The zero-order valence-electron chi connectivity index (χ0n) is 10.6. The van der Waals surface area contributed by atoms with Gasteiger partial charge < -0.3 is 10.5 Å². The van der Waals surface area contributed by atoms with Crippen LogP contribution in [0.1, 0.15) is 35.1 Å². The van der Waals surface area contributed by atoms with E-state index in [1.807, 2.05) is 0 Å². The van der Waals surface area contributed by atoms with Crippen LogP contribution in [0.15, 0.2) is 18.6 Å². The smallest absolute Gasteiger partial charge is 0.359 e. The Hall–Kier alpha value is -2.44. The summed E-state index contributed by atoms with van der Waals surface area (Å²) < 4.78 is 5.10. The highest BCUT2D eigenvalue weighted by molar-refractivity contribution is 5.87. The highest BCUT2D eigenvalue weighted by atomic mass is 16.5. The van der Waals surface area contributed by atoms with Gasteiger partial charge in [0.05, 0.1) is 0 Å². The van der Waals surface area contributed by atoms with Crippen molar-refractivity contribution in [1.29, 1.82) is 0 Å². The molecule has 3 N–H and O–H groups in total. The summed E-state index contributed by atoms with van der Waals surface area (Å²) in [7, 11) is 0. The Morgan fingerprint density at radius 3 is 3.11 bits per heavy atom. The number of nitrogens with zero attached hydrogens (tertiary/aromatic N) is 3. The number of H-pyrrole nitrogens is 1. The second-order valence-corrected chi connectivity index (χ2v) is 4.04. The standard InChI is InChI=1S/C12H15N5O2/c1-2-3-9-4-10(17-16-9)12(18)19-6-8-5-14-7-15-11(8)13/h4-5,7H,2-3,6H2,1H3,(H,16,17)(H2,13,14,15). The molecule has 2 rings (SSSR count). The number of anilines is 1. The lowest BCUT2D eigenvalue weighted by atomic mass is 10.2. The molecule has 2 aromatic heterocycles. The minimum Gasteiger partial charge on any atom is -0.456 e. The summed E-state index contributed by atoms with van der Waals surface area (Å²) in [5, 5.41) is 6.70. The van der Waals surface area contributed by atoms with E-state index in [0.717, 1.165) is 18.5 Å². The summed E-state index contributed by atoms with van der Waals surface area (Å²) in [4.78, 5) is 19.4. The molecular formula is C12H15N5O2. The molecule has 7 nitrogen and oxygen atoms in total. The van der Waals surface area contributed by atoms with Crippen LogP contribution in [-0.2, 0) is 17.8 Å². The fraction of sp³-hybridized carbons (Fsp3) is 0.333. The Morgan fingerprint density at radius 2 is 2.37 bits per heavy atom. The summed E-state index contributed by atoms with van der Waals surface area (Å²) in [5.74, 6) is -0.196. The Kier molecular flexibility index (Phi) is 4.07. The number of aromatic amines is 1. The second-order valence-electron chi connectivity index (χ2n) is 4.04. The van der Waals surface area contributed by atoms with Gasteiger partial charge >= 0.3 is 5.97 Å². The van der Waals surface area contributed by atoms with Crippen molar-refractivity contribution in [3.8, 4) is 0 Å². The van der Waals surface area contributed by atoms with Gasteiger partial charge in [-0.2, -0.15) is 5.10 Å². The van der Waals surface area contributed by atoms with Crippen molar-refractivity contribution < 1.29 is 9.53 Å². The number of aromatic nitrogens is 4. The van der Waals surface area contributed by atoms with Crippen LogP contribution >= 0.6 is 0 Å². The first-order valence-electron chi connectivity index (χ1n) is 5.96. The molecule has 0 radical (unpaired) electrons. The SMILES string of the molecule is CCCc1cc(C(=O)OCc2cncnc2N)n[nH]1. The van der Waals surface area contributed by atoms with E-state index in [4.69, 9.17) is 10.5 Å². The average molecular weight is 261 g/mol. The number of carbonyl (C=O) groups is 1. The van der Waals surface area contributed by atoms with Crippen LogP contribution in [0.5, 0.6) is 0 Å². The topological polar surface area (TPSA) is 107 Å². The number of rotatable bonds is 5. The van der Waals surface area contributed by atoms with Gasteiger partial charge in [0.15, 0.2) is 5.69 Å². The van der Waals surface area contributed by atoms with Gasteiger partial charge in [-0.05, 0) is 12.5 Å². The maximum Gasteiger partial charge on any atom is 0.359 e. The summed E-state index contributed by atoms with van der Waals surface area (Å²) in [6, 6.07) is 1.69. The van der Waals surface area contributed by atoms with Crippen molar-refractivity contribution in [2.24, 2.45) is 0 Å². The number of ether oxygens (including phenoxy) is 1. The number of nitrogens with one attached hydrogen (secondary N) is 1. The number of nitrogens with two attached hydrogens (primary N) is 1. The molecule has 0 bridgehead atoms. The zero-order chi connectivity index (χ0) is 13.7. The molecular weight excluding hydrogens is 246 g/mol. The first-order valence-corrected chi connectivity index (χ1v) is 5.96. The van der Waals surface area contributed by atoms with Crippen LogP contribution in [-0.4, -0.2) is 26.1 Å². The maximum atomic E-state index is 11.8. The van der Waals surface area contributed by atoms with E-state index >= 15 is 0 Å². The van der Waals surface area contributed by atoms with Gasteiger partial charge in [-0.15, -0.1) is 0 Å². The van der Waals surface area contributed by atoms with E-state index in [-0.39, 0.29) is 12.3 Å². The predicted molar refractivity (Wildman–Crippen MR) is 68.1 cm³/mol. The summed E-state index contributed by atoms with van der Waals surface area (Å²) >= 11 is 0. The average Bonchev–Trinajstić information content (AvgIpc) is 2.87. The quantitative estimate of drug-likeness (QED) is 0.780. The fourth-order valence-corrected chi connectivity index (χ4v) is 1.56. The van der Waals surface area contributed by atoms with Crippen molar-refractivity contribution in [2.75, 3.05) is 5.73 Å². The molecule has 0 spiro atoms. The minimum absolute atomic E-state index is 0.0292. The van der Waals surface area contributed by atoms with Gasteiger partial charge in [0.1, 0.15) is 18.8 Å². The van der Waals surface area contributed by atoms with Gasteiger partial charge in [0.2, 0.25) is 0 Å². The Bertz CT molecular complexity index is 567. The first kappa shape index (κ1) is 13.0. The van der Waals surface area contributed by atoms with Gasteiger partial charge in [-0.3, -0.25) is 5.10 Å². The second kappa shape index (κ2) is 5.94. The predicted octanol–water partition coefficient (Wildman–Crippen LogP) is 1.09. The number of esters is 1. The van der Waals surface area contributed by atoms with Crippen LogP contribution in [0.25, 0.3) is 0 Å². The number of carbonyl (C=O) groups excluding carboxylic acids is 1. The van der Waals surface area contributed by atoms with E-state index in [9.17, 15) is 4.79 Å². The monoisotopic (exact) mass is 261 g/mol. The van der Waals surface area contributed by atoms with Crippen LogP contribution in [0.3, 0.4) is 0 Å². The highest BCUT2D eigenvalue weighted by Crippen LogP contribution is 2.09. The molecule has 0 unspecified atom stereocenters. The number of hydrogen-bond donors (Lipinski definition) is 2. The summed E-state index contributed by atoms with van der Waals surface area (Å²) in [5.41, 5.74) is 7.37. The Balaban J connectivity index is 1.95. The third-order valence-electron chi connectivity index (χ3n) is 2.54. The molecule has 0 saturated carbocycles. The lowest BCUT2D eigenvalue weighted by Gasteiger charge is -2.04. The van der Waals surface area contributed by atoms with E-state index in [1.165, 1.54) is 12.5 Å². The Morgan fingerprint density at radius 1 is 1.53 bits per heavy atom. The molecule has 0 aliphatic carbocycles. The molecule has 0 atom stereocenters. The van der Waals surface area contributed by atoms with Crippen molar-refractivity contribution in [1.82, 2.24) is 20.2 Å². The van der Waals surface area contributed by atoms with E-state index < -0.39 is 5.97 Å². The van der Waals surface area contributed by atoms with Crippen LogP contribution < -0.4 is 5.73 Å². The summed E-state index contributed by atoms with van der Waals surface area (Å²) in [6.45, 7) is 2.08. The fourth-order valence-electron chi connectivity index (χ4n) is 1.56. The molecule has 2 heterocycles. The van der Waals surface area contributed by atoms with Crippen LogP contribution in [0.2, 0.25) is 0 Å². The van der Waals surface area contributed by atoms with Crippen molar-refractivity contribution >= 4 is 11.8 Å². The molecule has 0 fully saturated rings. The maximum absolute atomic E-state index is 11.8. The van der Waals surface area contributed by atoms with Crippen molar-refractivity contribution in [3.05, 3.63) is 35.5 Å². The normalized spacial score (nSPS) is 10.4. The third kappa shape index (κ3) is 3.27. The molecule has 0 aliphatic heterocycles. The lowest BCUT2D eigenvalue weighted by molar-refractivity contribution is 0.0466. The molecule has 0 saturated heterocycles. The van der Waals surface area contributed by atoms with Crippen LogP contribution in [0.4, 0.5) is 5.82 Å². The minimum atomic E-state index is -0.498. The number of hydrogen-bond acceptors (Lipinski definition) is 6. The summed E-state index contributed by atoms with van der Waals surface area (Å²) in [6.07, 6.45) is 4.68. The van der Waals surface area contributed by atoms with Crippen molar-refractivity contribution in [3.63, 3.8) is 0 Å². The highest BCUT2D eigenvalue weighted by Gasteiger charge is 2.12. The molecule has 0 aliphatic rings. The van der Waals surface area contributed by atoms with Crippen molar-refractivity contribution in [2.45, 2.75) is 26.4 Å². The van der Waals surface area contributed by atoms with E-state index in [0.29, 0.717) is 11.4 Å².